The van der Waals surface area contributed by atoms with Crippen LogP contribution in [0.4, 0.5) is 19.0 Å². The van der Waals surface area contributed by atoms with Crippen molar-refractivity contribution < 1.29 is 13.2 Å². The van der Waals surface area contributed by atoms with Gasteiger partial charge in [-0.25, -0.2) is 4.98 Å². The molecule has 9 heteroatoms. The number of hydrogen-bond acceptors (Lipinski definition) is 4. The van der Waals surface area contributed by atoms with Crippen LogP contribution >= 0.6 is 11.6 Å². The zero-order valence-electron chi connectivity index (χ0n) is 15.1. The number of nitrogens with zero attached hydrogens (tertiary/aromatic N) is 3. The minimum atomic E-state index is -4.21. The van der Waals surface area contributed by atoms with Gasteiger partial charge in [0.05, 0.1) is 23.2 Å². The average Bonchev–Trinajstić information content (AvgIpc) is 2.69. The molecule has 1 aromatic heterocycles. The van der Waals surface area contributed by atoms with Gasteiger partial charge in [0, 0.05) is 13.0 Å². The number of benzene rings is 1. The Morgan fingerprint density at radius 1 is 1.21 bits per heavy atom. The van der Waals surface area contributed by atoms with Gasteiger partial charge in [-0.3, -0.25) is 9.36 Å². The van der Waals surface area contributed by atoms with Crippen LogP contribution in [0, 0.1) is 17.2 Å². The molecule has 1 aliphatic rings. The van der Waals surface area contributed by atoms with Gasteiger partial charge in [-0.05, 0) is 49.9 Å². The van der Waals surface area contributed by atoms with Crippen LogP contribution in [-0.2, 0) is 0 Å². The molecule has 0 radical (unpaired) electrons. The van der Waals surface area contributed by atoms with E-state index in [1.165, 1.54) is 4.57 Å². The SMILES string of the molecule is CNc1nc(C2CCC(C(F)(F)F)CC2)n(-c2ccc(C#N)cc2)c(=O)c1Cl. The third-order valence-electron chi connectivity index (χ3n) is 5.10. The monoisotopic (exact) mass is 410 g/mol. The van der Waals surface area contributed by atoms with Crippen molar-refractivity contribution in [1.82, 2.24) is 9.55 Å². The van der Waals surface area contributed by atoms with Crippen molar-refractivity contribution in [2.24, 2.45) is 5.92 Å². The summed E-state index contributed by atoms with van der Waals surface area (Å²) in [5.41, 5.74) is 0.391. The molecule has 0 saturated heterocycles. The van der Waals surface area contributed by atoms with Gasteiger partial charge in [-0.2, -0.15) is 18.4 Å². The largest absolute Gasteiger partial charge is 0.391 e. The van der Waals surface area contributed by atoms with Crippen LogP contribution in [0.15, 0.2) is 29.1 Å². The fourth-order valence-corrected chi connectivity index (χ4v) is 3.79. The molecule has 0 aliphatic heterocycles. The number of nitrogens with one attached hydrogen (secondary N) is 1. The van der Waals surface area contributed by atoms with E-state index < -0.39 is 17.7 Å². The molecule has 1 aliphatic carbocycles. The Bertz CT molecular complexity index is 955. The lowest BCUT2D eigenvalue weighted by molar-refractivity contribution is -0.182. The van der Waals surface area contributed by atoms with Gasteiger partial charge in [0.2, 0.25) is 0 Å². The lowest BCUT2D eigenvalue weighted by Gasteiger charge is -2.30. The maximum atomic E-state index is 13.0. The molecule has 1 N–H and O–H groups in total. The van der Waals surface area contributed by atoms with E-state index in [1.807, 2.05) is 6.07 Å². The van der Waals surface area contributed by atoms with E-state index in [1.54, 1.807) is 31.3 Å². The summed E-state index contributed by atoms with van der Waals surface area (Å²) in [5.74, 6) is -1.05. The standard InChI is InChI=1S/C19H18ClF3N4O/c1-25-16-15(20)18(28)27(14-8-2-11(10-24)3-9-14)17(26-16)12-4-6-13(7-5-12)19(21,22)23/h2-3,8-9,12-13,25H,4-7H2,1H3. The highest BCUT2D eigenvalue weighted by atomic mass is 35.5. The van der Waals surface area contributed by atoms with Crippen LogP contribution in [0.2, 0.25) is 5.02 Å². The van der Waals surface area contributed by atoms with Gasteiger partial charge in [0.15, 0.2) is 5.82 Å². The Morgan fingerprint density at radius 2 is 1.82 bits per heavy atom. The summed E-state index contributed by atoms with van der Waals surface area (Å²) in [6, 6.07) is 8.32. The molecular formula is C19H18ClF3N4O. The van der Waals surface area contributed by atoms with E-state index in [0.29, 0.717) is 17.1 Å². The predicted octanol–water partition coefficient (Wildman–Crippen LogP) is 4.64. The van der Waals surface area contributed by atoms with Gasteiger partial charge >= 0.3 is 6.18 Å². The van der Waals surface area contributed by atoms with Gasteiger partial charge in [0.1, 0.15) is 10.8 Å². The van der Waals surface area contributed by atoms with E-state index in [-0.39, 0.29) is 42.4 Å². The maximum Gasteiger partial charge on any atom is 0.391 e. The van der Waals surface area contributed by atoms with Gasteiger partial charge in [-0.15, -0.1) is 0 Å². The summed E-state index contributed by atoms with van der Waals surface area (Å²) in [5, 5.41) is 11.6. The number of rotatable bonds is 3. The summed E-state index contributed by atoms with van der Waals surface area (Å²) in [7, 11) is 1.57. The van der Waals surface area contributed by atoms with E-state index >= 15 is 0 Å². The van der Waals surface area contributed by atoms with E-state index in [0.717, 1.165) is 0 Å². The molecular weight excluding hydrogens is 393 g/mol. The molecule has 0 unspecified atom stereocenters. The summed E-state index contributed by atoms with van der Waals surface area (Å²) in [4.78, 5) is 17.4. The number of halogens is 4. The Kier molecular flexibility index (Phi) is 5.66. The minimum Gasteiger partial charge on any atom is -0.372 e. The highest BCUT2D eigenvalue weighted by Gasteiger charge is 2.42. The van der Waals surface area contributed by atoms with E-state index in [4.69, 9.17) is 16.9 Å². The van der Waals surface area contributed by atoms with Crippen molar-refractivity contribution in [3.63, 3.8) is 0 Å². The molecule has 148 valence electrons. The lowest BCUT2D eigenvalue weighted by atomic mass is 9.81. The molecule has 0 amide bonds. The van der Waals surface area contributed by atoms with Crippen molar-refractivity contribution >= 4 is 17.4 Å². The highest BCUT2D eigenvalue weighted by molar-refractivity contribution is 6.32. The molecule has 5 nitrogen and oxygen atoms in total. The summed E-state index contributed by atoms with van der Waals surface area (Å²) in [6.45, 7) is 0. The smallest absolute Gasteiger partial charge is 0.372 e. The minimum absolute atomic E-state index is 0.00504. The quantitative estimate of drug-likeness (QED) is 0.800. The first kappa shape index (κ1) is 20.2. The van der Waals surface area contributed by atoms with Crippen LogP contribution in [-0.4, -0.2) is 22.8 Å². The second-order valence-electron chi connectivity index (χ2n) is 6.77. The van der Waals surface area contributed by atoms with Crippen LogP contribution in [0.1, 0.15) is 43.0 Å². The zero-order valence-corrected chi connectivity index (χ0v) is 15.8. The molecule has 28 heavy (non-hydrogen) atoms. The van der Waals surface area contributed by atoms with Crippen molar-refractivity contribution in [3.8, 4) is 11.8 Å². The van der Waals surface area contributed by atoms with E-state index in [2.05, 4.69) is 10.3 Å². The predicted molar refractivity (Wildman–Crippen MR) is 99.9 cm³/mol. The molecule has 0 bridgehead atoms. The topological polar surface area (TPSA) is 70.7 Å². The molecule has 0 spiro atoms. The number of alkyl halides is 3. The molecule has 1 heterocycles. The molecule has 1 fully saturated rings. The average molecular weight is 411 g/mol. The fraction of sp³-hybridized carbons (Fsp3) is 0.421. The molecule has 2 aromatic rings. The highest BCUT2D eigenvalue weighted by Crippen LogP contribution is 2.43. The first-order valence-corrected chi connectivity index (χ1v) is 9.21. The molecule has 1 aromatic carbocycles. The van der Waals surface area contributed by atoms with Crippen molar-refractivity contribution in [2.75, 3.05) is 12.4 Å². The molecule has 3 rings (SSSR count). The Labute approximate surface area is 164 Å². The fourth-order valence-electron chi connectivity index (χ4n) is 3.57. The van der Waals surface area contributed by atoms with Crippen LogP contribution < -0.4 is 10.9 Å². The van der Waals surface area contributed by atoms with E-state index in [9.17, 15) is 18.0 Å². The van der Waals surface area contributed by atoms with Crippen LogP contribution in [0.3, 0.4) is 0 Å². The molecule has 0 atom stereocenters. The third-order valence-corrected chi connectivity index (χ3v) is 5.44. The number of hydrogen-bond donors (Lipinski definition) is 1. The second-order valence-corrected chi connectivity index (χ2v) is 7.15. The van der Waals surface area contributed by atoms with Crippen LogP contribution in [0.25, 0.3) is 5.69 Å². The Balaban J connectivity index is 2.06. The zero-order chi connectivity index (χ0) is 20.5. The third kappa shape index (κ3) is 3.85. The number of anilines is 1. The first-order valence-electron chi connectivity index (χ1n) is 8.83. The number of aromatic nitrogens is 2. The summed E-state index contributed by atoms with van der Waals surface area (Å²) >= 11 is 6.14. The van der Waals surface area contributed by atoms with Gasteiger partial charge in [0.25, 0.3) is 5.56 Å². The van der Waals surface area contributed by atoms with Crippen LogP contribution in [0.5, 0.6) is 0 Å². The van der Waals surface area contributed by atoms with Crippen molar-refractivity contribution in [2.45, 2.75) is 37.8 Å². The lowest BCUT2D eigenvalue weighted by Crippen LogP contribution is -2.31. The summed E-state index contributed by atoms with van der Waals surface area (Å²) in [6.07, 6.45) is -3.67. The molecule has 1 saturated carbocycles. The Morgan fingerprint density at radius 3 is 2.32 bits per heavy atom. The first-order chi connectivity index (χ1) is 13.3. The van der Waals surface area contributed by atoms with Gasteiger partial charge in [-0.1, -0.05) is 11.6 Å². The Hall–Kier alpha value is -2.53. The number of nitriles is 1. The van der Waals surface area contributed by atoms with Crippen molar-refractivity contribution in [1.29, 1.82) is 5.26 Å². The summed E-state index contributed by atoms with van der Waals surface area (Å²) < 4.78 is 40.3. The van der Waals surface area contributed by atoms with Gasteiger partial charge < -0.3 is 5.32 Å². The second kappa shape index (κ2) is 7.84. The normalized spacial score (nSPS) is 19.9. The van der Waals surface area contributed by atoms with Crippen molar-refractivity contribution in [3.05, 3.63) is 51.0 Å². The maximum absolute atomic E-state index is 13.0.